The minimum Gasteiger partial charge on any atom is -0.464 e. The van der Waals surface area contributed by atoms with Gasteiger partial charge >= 0.3 is 23.9 Å². The average molecular weight is 1330 g/mol. The number of esters is 4. The molecule has 0 amide bonds. The summed E-state index contributed by atoms with van der Waals surface area (Å²) in [5.41, 5.74) is 2.10. The Morgan fingerprint density at radius 1 is 0.376 bits per heavy atom. The number of carbonyl (C=O) groups is 4. The molecule has 0 spiro atoms. The third-order valence-electron chi connectivity index (χ3n) is 14.5. The lowest BCUT2D eigenvalue weighted by Gasteiger charge is -2.40. The van der Waals surface area contributed by atoms with Crippen LogP contribution in [-0.2, 0) is 114 Å². The molecule has 8 fully saturated rings. The minimum atomic E-state index is -0.543. The summed E-state index contributed by atoms with van der Waals surface area (Å²) in [6.07, 6.45) is -0.718. The van der Waals surface area contributed by atoms with Crippen molar-refractivity contribution in [2.75, 3.05) is 146 Å². The van der Waals surface area contributed by atoms with Crippen molar-refractivity contribution in [3.05, 3.63) is 71.8 Å². The summed E-state index contributed by atoms with van der Waals surface area (Å²) in [4.78, 5) is 43.6. The van der Waals surface area contributed by atoms with Crippen LogP contribution in [0.1, 0.15) is 92.9 Å². The highest BCUT2D eigenvalue weighted by atomic mass is 16.7. The maximum atomic E-state index is 10.9. The van der Waals surface area contributed by atoms with Gasteiger partial charge in [0.1, 0.15) is 40.0 Å². The zero-order chi connectivity index (χ0) is 66.9. The SMILES string of the molecule is C1OCC(NC2COCOC2)CO1.CC(=O)OCC(COC(C)=O)NC(COC(C)=O)COC(C)=O.CC1(C)OCC(NC2COC(C)(C)OC2)CO1.CC1OCC(NC2COC(C)OC2)CO1.c1ccc(C2OCC(NC3COC(c4ccccc4)OC3)CO2)cc1. The first-order valence-electron chi connectivity index (χ1n) is 31.9. The normalized spacial score (nSPS) is 27.0. The lowest BCUT2D eigenvalue weighted by molar-refractivity contribution is -0.267. The Balaban J connectivity index is 0.000000188. The van der Waals surface area contributed by atoms with Crippen LogP contribution in [-0.4, -0.2) is 254 Å². The first-order chi connectivity index (χ1) is 44.6. The molecule has 10 rings (SSSR count). The molecule has 8 saturated heterocycles. The van der Waals surface area contributed by atoms with E-state index >= 15 is 0 Å². The fourth-order valence-corrected chi connectivity index (χ4v) is 9.77. The van der Waals surface area contributed by atoms with Crippen LogP contribution >= 0.6 is 0 Å². The second-order valence-corrected chi connectivity index (χ2v) is 24.1. The fraction of sp³-hybridized carbons (Fsp3) is 0.750. The van der Waals surface area contributed by atoms with E-state index in [0.717, 1.165) is 11.1 Å². The van der Waals surface area contributed by atoms with Crippen LogP contribution in [0.4, 0.5) is 0 Å². The van der Waals surface area contributed by atoms with Crippen molar-refractivity contribution >= 4 is 23.9 Å². The van der Waals surface area contributed by atoms with Gasteiger partial charge < -0.3 is 116 Å². The standard InChI is InChI=1S/C20H23NO4.C14H23NO8.C12H23NO4.C10H19NO4.C8H15NO4/c1-3-7-15(8-4-1)19-22-11-17(12-23-19)21-18-13-24-20(25-14-18)16-9-5-2-6-10-16;1-9(16)20-5-13(6-21-10(2)17)15-14(7-22-11(3)18)8-23-12(4)19;1-11(2)14-5-9(6-15-11)13-10-7-16-12(3,4)17-8-10;1-7-12-3-9(4-13-7)11-10-5-14-8(2)15-6-10;1-7(2-11-5-10-1)9-8-3-12-6-13-4-8/h1-10,17-21H,11-14H2;13-15H,5-8H2,1-4H3;9-10,13H,5-8H2,1-4H3;7-11H,3-6H2,1-2H3;7-9H,1-6H2. The Hall–Kier alpha value is -4.52. The molecule has 0 radical (unpaired) electrons. The van der Waals surface area contributed by atoms with Gasteiger partial charge in [-0.15, -0.1) is 0 Å². The topological polar surface area (TPSA) is 313 Å². The number of hydrogen-bond donors (Lipinski definition) is 5. The molecule has 0 atom stereocenters. The van der Waals surface area contributed by atoms with E-state index in [1.54, 1.807) is 0 Å². The Morgan fingerprint density at radius 3 is 0.871 bits per heavy atom. The van der Waals surface area contributed by atoms with Crippen molar-refractivity contribution < 1.29 is 114 Å². The molecular formula is C64H103N5O24. The van der Waals surface area contributed by atoms with Gasteiger partial charge in [-0.2, -0.15) is 0 Å². The van der Waals surface area contributed by atoms with Crippen molar-refractivity contribution in [1.82, 2.24) is 26.6 Å². The summed E-state index contributed by atoms with van der Waals surface area (Å²) in [5, 5.41) is 16.7. The van der Waals surface area contributed by atoms with Gasteiger partial charge in [-0.25, -0.2) is 0 Å². The molecule has 29 heteroatoms. The third kappa shape index (κ3) is 32.9. The van der Waals surface area contributed by atoms with Crippen LogP contribution in [0.5, 0.6) is 0 Å². The number of benzene rings is 2. The van der Waals surface area contributed by atoms with Crippen LogP contribution < -0.4 is 26.6 Å². The highest BCUT2D eigenvalue weighted by Gasteiger charge is 2.34. The second-order valence-electron chi connectivity index (χ2n) is 24.1. The quantitative estimate of drug-likeness (QED) is 0.0940. The molecule has 93 heavy (non-hydrogen) atoms. The fourth-order valence-electron chi connectivity index (χ4n) is 9.77. The first kappa shape index (κ1) is 77.5. The largest absolute Gasteiger partial charge is 0.464 e. The molecule has 2 aromatic rings. The monoisotopic (exact) mass is 1330 g/mol. The first-order valence-corrected chi connectivity index (χ1v) is 31.9. The number of nitrogens with one attached hydrogen (secondary N) is 5. The molecule has 8 aliphatic rings. The lowest BCUT2D eigenvalue weighted by Crippen LogP contribution is -2.56. The number of rotatable bonds is 20. The molecule has 2 aromatic carbocycles. The molecule has 528 valence electrons. The Bertz CT molecular complexity index is 2150. The van der Waals surface area contributed by atoms with Gasteiger partial charge in [0.05, 0.1) is 166 Å². The van der Waals surface area contributed by atoms with Crippen molar-refractivity contribution in [2.45, 2.75) is 166 Å². The van der Waals surface area contributed by atoms with Crippen molar-refractivity contribution in [1.29, 1.82) is 0 Å². The van der Waals surface area contributed by atoms with Crippen molar-refractivity contribution in [3.8, 4) is 0 Å². The predicted octanol–water partition coefficient (Wildman–Crippen LogP) is 2.67. The Morgan fingerprint density at radius 2 is 0.613 bits per heavy atom. The highest BCUT2D eigenvalue weighted by Crippen LogP contribution is 2.26. The average Bonchev–Trinajstić information content (AvgIpc) is 1.27. The summed E-state index contributed by atoms with van der Waals surface area (Å²) < 4.78 is 107. The molecule has 0 bridgehead atoms. The summed E-state index contributed by atoms with van der Waals surface area (Å²) in [5.74, 6) is -2.88. The second kappa shape index (κ2) is 42.2. The van der Waals surface area contributed by atoms with Gasteiger partial charge in [-0.1, -0.05) is 60.7 Å². The van der Waals surface area contributed by atoms with Gasteiger partial charge in [-0.3, -0.25) is 24.5 Å². The van der Waals surface area contributed by atoms with Crippen molar-refractivity contribution in [2.24, 2.45) is 0 Å². The van der Waals surface area contributed by atoms with E-state index in [2.05, 4.69) is 26.6 Å². The van der Waals surface area contributed by atoms with E-state index in [-0.39, 0.29) is 99.9 Å². The van der Waals surface area contributed by atoms with E-state index in [4.69, 9.17) is 94.7 Å². The number of carbonyl (C=O) groups excluding carboxylic acids is 4. The molecule has 8 heterocycles. The van der Waals surface area contributed by atoms with Crippen LogP contribution in [0.3, 0.4) is 0 Å². The van der Waals surface area contributed by atoms with Crippen LogP contribution in [0.15, 0.2) is 60.7 Å². The molecule has 29 nitrogen and oxygen atoms in total. The van der Waals surface area contributed by atoms with Gasteiger partial charge in [0.15, 0.2) is 36.7 Å². The zero-order valence-electron chi connectivity index (χ0n) is 55.7. The predicted molar refractivity (Wildman–Crippen MR) is 331 cm³/mol. The van der Waals surface area contributed by atoms with Gasteiger partial charge in [0.2, 0.25) is 0 Å². The Labute approximate surface area is 546 Å². The molecule has 0 aliphatic carbocycles. The van der Waals surface area contributed by atoms with E-state index in [1.165, 1.54) is 27.7 Å². The van der Waals surface area contributed by atoms with Crippen LogP contribution in [0.25, 0.3) is 0 Å². The van der Waals surface area contributed by atoms with Crippen LogP contribution in [0, 0.1) is 0 Å². The highest BCUT2D eigenvalue weighted by molar-refractivity contribution is 5.67. The van der Waals surface area contributed by atoms with Gasteiger partial charge in [0, 0.05) is 38.8 Å². The minimum absolute atomic E-state index is 0.0563. The van der Waals surface area contributed by atoms with Gasteiger partial charge in [-0.05, 0) is 41.5 Å². The maximum Gasteiger partial charge on any atom is 0.302 e. The maximum absolute atomic E-state index is 10.9. The molecular weight excluding hydrogens is 1220 g/mol. The lowest BCUT2D eigenvalue weighted by atomic mass is 10.2. The summed E-state index contributed by atoms with van der Waals surface area (Å²) >= 11 is 0. The molecule has 0 unspecified atom stereocenters. The van der Waals surface area contributed by atoms with E-state index in [1.807, 2.05) is 102 Å². The summed E-state index contributed by atoms with van der Waals surface area (Å²) in [6, 6.07) is 20.7. The molecule has 5 N–H and O–H groups in total. The van der Waals surface area contributed by atoms with Crippen molar-refractivity contribution in [3.63, 3.8) is 0 Å². The van der Waals surface area contributed by atoms with E-state index < -0.39 is 47.5 Å². The Kier molecular flexibility index (Phi) is 35.2. The van der Waals surface area contributed by atoms with Crippen LogP contribution in [0.2, 0.25) is 0 Å². The van der Waals surface area contributed by atoms with E-state index in [0.29, 0.717) is 119 Å². The smallest absolute Gasteiger partial charge is 0.302 e. The third-order valence-corrected chi connectivity index (χ3v) is 14.5. The van der Waals surface area contributed by atoms with Gasteiger partial charge in [0.25, 0.3) is 0 Å². The molecule has 0 aromatic heterocycles. The van der Waals surface area contributed by atoms with E-state index in [9.17, 15) is 19.2 Å². The summed E-state index contributed by atoms with van der Waals surface area (Å²) in [6.45, 7) is 27.8. The number of hydrogen-bond acceptors (Lipinski definition) is 29. The zero-order valence-corrected chi connectivity index (χ0v) is 55.7. The molecule has 8 aliphatic heterocycles. The number of ether oxygens (including phenoxy) is 20. The molecule has 0 saturated carbocycles. The summed E-state index contributed by atoms with van der Waals surface area (Å²) in [7, 11) is 0.